The van der Waals surface area contributed by atoms with Gasteiger partial charge in [-0.05, 0) is 54.1 Å². The molecule has 7 nitrogen and oxygen atoms in total. The third kappa shape index (κ3) is 5.66. The van der Waals surface area contributed by atoms with Crippen molar-refractivity contribution in [2.45, 2.75) is 0 Å². The highest BCUT2D eigenvalue weighted by molar-refractivity contribution is 5.86. The van der Waals surface area contributed by atoms with E-state index in [4.69, 9.17) is 0 Å². The normalized spacial score (nSPS) is 17.3. The maximum absolute atomic E-state index is 3.89. The number of aromatic amines is 4. The van der Waals surface area contributed by atoms with Crippen molar-refractivity contribution in [1.82, 2.24) is 34.6 Å². The van der Waals surface area contributed by atoms with Gasteiger partial charge in [-0.15, -0.1) is 0 Å². The average Bonchev–Trinajstić information content (AvgIpc) is 3.97. The van der Waals surface area contributed by atoms with Crippen molar-refractivity contribution < 1.29 is 0 Å². The Morgan fingerprint density at radius 2 is 0.745 bits per heavy atom. The molecule has 4 aliphatic heterocycles. The second kappa shape index (κ2) is 12.5. The lowest BCUT2D eigenvalue weighted by atomic mass is 10.0. The van der Waals surface area contributed by atoms with Crippen LogP contribution in [-0.4, -0.2) is 75.4 Å². The van der Waals surface area contributed by atoms with Crippen LogP contribution in [0.3, 0.4) is 0 Å². The fourth-order valence-electron chi connectivity index (χ4n) is 7.66. The molecule has 8 heterocycles. The first-order valence-electron chi connectivity index (χ1n) is 17.6. The summed E-state index contributed by atoms with van der Waals surface area (Å²) in [6.07, 6.45) is 20.1. The van der Waals surface area contributed by atoms with Crippen LogP contribution in [0.5, 0.6) is 0 Å². The second-order valence-corrected chi connectivity index (χ2v) is 13.8. The molecule has 0 atom stereocenters. The van der Waals surface area contributed by atoms with Gasteiger partial charge in [0.15, 0.2) is 0 Å². The second-order valence-electron chi connectivity index (χ2n) is 13.8. The van der Waals surface area contributed by atoms with Gasteiger partial charge in [-0.25, -0.2) is 0 Å². The predicted molar refractivity (Wildman–Crippen MR) is 207 cm³/mol. The maximum atomic E-state index is 3.89. The maximum Gasteiger partial charge on any atom is 0.0486 e. The quantitative estimate of drug-likeness (QED) is 0.231. The van der Waals surface area contributed by atoms with E-state index in [1.165, 1.54) is 0 Å². The van der Waals surface area contributed by atoms with Crippen LogP contribution in [0, 0.1) is 0 Å². The highest BCUT2D eigenvalue weighted by Crippen LogP contribution is 2.30. The number of benzene rings is 1. The SMILES string of the molecule is CN1C=C(C2=c3ccc([nH]3)=C(C3=CN(C)CC=C3)c3ccc([nH]3)C(c3ccccc3)=c3ccc([nH]3)=C(C3=CN(C)CC=C3)c3ccc2[nH]3)C=CC1. The highest BCUT2D eigenvalue weighted by Gasteiger charge is 2.20. The lowest BCUT2D eigenvalue weighted by Crippen LogP contribution is -2.22. The number of nitrogens with zero attached hydrogens (tertiary/aromatic N) is 3. The van der Waals surface area contributed by atoms with Crippen LogP contribution >= 0.6 is 0 Å². The third-order valence-electron chi connectivity index (χ3n) is 9.98. The minimum absolute atomic E-state index is 0.882. The third-order valence-corrected chi connectivity index (χ3v) is 9.98. The standard InChI is InChI=1S/C44H41N7/c1-49-23-7-12-30(26-49)42-35-17-15-33(45-35)41(29-10-5-4-6-11-29)34-16-18-36(46-34)43(31-13-8-24-50(2)27-31)38-20-22-40(48-38)44(39-21-19-37(42)47-39)32-14-9-25-51(3)28-32/h4-22,26-28,45-48H,23-25H2,1-3H3. The Bertz CT molecular complexity index is 2610. The molecule has 0 saturated heterocycles. The van der Waals surface area contributed by atoms with E-state index >= 15 is 0 Å². The van der Waals surface area contributed by atoms with Crippen LogP contribution in [0.15, 0.2) is 151 Å². The molecule has 8 bridgehead atoms. The fraction of sp³-hybridized carbons (Fsp3) is 0.136. The zero-order chi connectivity index (χ0) is 34.5. The number of hydrogen-bond donors (Lipinski definition) is 4. The van der Waals surface area contributed by atoms with E-state index in [1.54, 1.807) is 0 Å². The summed E-state index contributed by atoms with van der Waals surface area (Å²) in [5.41, 5.74) is 13.2. The first kappa shape index (κ1) is 30.7. The van der Waals surface area contributed by atoms with Crippen LogP contribution < -0.4 is 21.4 Å². The predicted octanol–water partition coefficient (Wildman–Crippen LogP) is 4.31. The Hall–Kier alpha value is -6.34. The van der Waals surface area contributed by atoms with Crippen molar-refractivity contribution in [2.24, 2.45) is 0 Å². The number of allylic oxidation sites excluding steroid dienone is 6. The molecule has 0 fully saturated rings. The molecule has 252 valence electrons. The van der Waals surface area contributed by atoms with Gasteiger partial charge < -0.3 is 34.6 Å². The van der Waals surface area contributed by atoms with Crippen molar-refractivity contribution in [3.05, 3.63) is 200 Å². The largest absolute Gasteiger partial charge is 0.376 e. The number of hydrogen-bond acceptors (Lipinski definition) is 3. The molecule has 0 unspecified atom stereocenters. The number of aromatic nitrogens is 4. The molecular formula is C44H41N7. The van der Waals surface area contributed by atoms with Crippen LogP contribution in [0.2, 0.25) is 0 Å². The van der Waals surface area contributed by atoms with Gasteiger partial charge in [-0.3, -0.25) is 0 Å². The minimum Gasteiger partial charge on any atom is -0.376 e. The van der Waals surface area contributed by atoms with Gasteiger partial charge in [-0.2, -0.15) is 0 Å². The Morgan fingerprint density at radius 1 is 0.392 bits per heavy atom. The minimum atomic E-state index is 0.882. The molecule has 0 amide bonds. The molecule has 1 aromatic carbocycles. The van der Waals surface area contributed by atoms with Crippen molar-refractivity contribution >= 4 is 22.3 Å². The summed E-state index contributed by atoms with van der Waals surface area (Å²) in [7, 11) is 6.37. The summed E-state index contributed by atoms with van der Waals surface area (Å²) in [6, 6.07) is 28.4. The molecular weight excluding hydrogens is 627 g/mol. The fourth-order valence-corrected chi connectivity index (χ4v) is 7.66. The molecule has 4 aliphatic rings. The summed E-state index contributed by atoms with van der Waals surface area (Å²) in [4.78, 5) is 22.2. The Labute approximate surface area is 297 Å². The Morgan fingerprint density at radius 3 is 1.12 bits per heavy atom. The topological polar surface area (TPSA) is 72.9 Å². The first-order valence-corrected chi connectivity index (χ1v) is 17.6. The van der Waals surface area contributed by atoms with Crippen molar-refractivity contribution in [3.8, 4) is 0 Å². The monoisotopic (exact) mass is 667 g/mol. The van der Waals surface area contributed by atoms with Gasteiger partial charge in [-0.1, -0.05) is 66.8 Å². The number of fused-ring (bicyclic) bond motifs is 8. The summed E-state index contributed by atoms with van der Waals surface area (Å²) in [5.74, 6) is 0. The van der Waals surface area contributed by atoms with Gasteiger partial charge in [0, 0.05) is 143 Å². The molecule has 4 aromatic heterocycles. The molecule has 4 N–H and O–H groups in total. The first-order chi connectivity index (χ1) is 25.0. The molecule has 9 rings (SSSR count). The van der Waals surface area contributed by atoms with E-state index in [-0.39, 0.29) is 0 Å². The number of H-pyrrole nitrogens is 4. The zero-order valence-electron chi connectivity index (χ0n) is 29.2. The van der Waals surface area contributed by atoms with Gasteiger partial charge >= 0.3 is 0 Å². The lowest BCUT2D eigenvalue weighted by Gasteiger charge is -2.20. The average molecular weight is 668 g/mol. The van der Waals surface area contributed by atoms with E-state index in [2.05, 4.69) is 190 Å². The van der Waals surface area contributed by atoms with Crippen LogP contribution in [0.1, 0.15) is 28.3 Å². The molecule has 0 radical (unpaired) electrons. The highest BCUT2D eigenvalue weighted by atomic mass is 15.1. The summed E-state index contributed by atoms with van der Waals surface area (Å²) < 4.78 is 0. The number of rotatable bonds is 4. The van der Waals surface area contributed by atoms with E-state index in [0.717, 1.165) is 108 Å². The Balaban J connectivity index is 1.42. The van der Waals surface area contributed by atoms with Gasteiger partial charge in [0.05, 0.1) is 0 Å². The molecule has 0 spiro atoms. The summed E-state index contributed by atoms with van der Waals surface area (Å²) in [5, 5.41) is 4.19. The van der Waals surface area contributed by atoms with E-state index in [9.17, 15) is 0 Å². The smallest absolute Gasteiger partial charge is 0.0486 e. The zero-order valence-corrected chi connectivity index (χ0v) is 29.2. The van der Waals surface area contributed by atoms with Crippen molar-refractivity contribution in [1.29, 1.82) is 0 Å². The number of likely N-dealkylation sites (N-methyl/N-ethyl adjacent to an activating group) is 3. The molecule has 7 heteroatoms. The molecule has 0 aliphatic carbocycles. The van der Waals surface area contributed by atoms with E-state index in [0.29, 0.717) is 0 Å². The van der Waals surface area contributed by atoms with Crippen molar-refractivity contribution in [2.75, 3.05) is 40.8 Å². The van der Waals surface area contributed by atoms with E-state index < -0.39 is 0 Å². The van der Waals surface area contributed by atoms with Gasteiger partial charge in [0.2, 0.25) is 0 Å². The van der Waals surface area contributed by atoms with Gasteiger partial charge in [0.25, 0.3) is 0 Å². The Kier molecular flexibility index (Phi) is 7.54. The lowest BCUT2D eigenvalue weighted by molar-refractivity contribution is 0.502. The summed E-state index contributed by atoms with van der Waals surface area (Å²) >= 11 is 0. The van der Waals surface area contributed by atoms with Crippen LogP contribution in [0.25, 0.3) is 22.3 Å². The molecule has 5 aromatic rings. The van der Waals surface area contributed by atoms with Gasteiger partial charge in [0.1, 0.15) is 0 Å². The molecule has 51 heavy (non-hydrogen) atoms. The number of nitrogens with one attached hydrogen (secondary N) is 4. The van der Waals surface area contributed by atoms with Crippen LogP contribution in [-0.2, 0) is 0 Å². The van der Waals surface area contributed by atoms with Crippen LogP contribution in [0.4, 0.5) is 0 Å². The van der Waals surface area contributed by atoms with E-state index in [1.807, 2.05) is 0 Å². The van der Waals surface area contributed by atoms with Crippen molar-refractivity contribution in [3.63, 3.8) is 0 Å². The summed E-state index contributed by atoms with van der Waals surface area (Å²) in [6.45, 7) is 2.65. The molecule has 0 saturated carbocycles.